The van der Waals surface area contributed by atoms with Crippen molar-refractivity contribution in [2.45, 2.75) is 19.5 Å². The van der Waals surface area contributed by atoms with Gasteiger partial charge in [0.2, 0.25) is 5.91 Å². The number of alkyl halides is 3. The molecule has 0 N–H and O–H groups in total. The second-order valence-electron chi connectivity index (χ2n) is 9.09. The van der Waals surface area contributed by atoms with Crippen molar-refractivity contribution in [1.82, 2.24) is 14.8 Å². The predicted molar refractivity (Wildman–Crippen MR) is 134 cm³/mol. The first-order valence-corrected chi connectivity index (χ1v) is 12.6. The van der Waals surface area contributed by atoms with Crippen molar-refractivity contribution >= 4 is 38.7 Å². The van der Waals surface area contributed by atoms with Crippen LogP contribution in [-0.4, -0.2) is 66.5 Å². The second-order valence-corrected chi connectivity index (χ2v) is 10.4. The number of aryl methyl sites for hydroxylation is 1. The first-order chi connectivity index (χ1) is 16.8. The van der Waals surface area contributed by atoms with Crippen molar-refractivity contribution in [2.24, 2.45) is 0 Å². The molecule has 9 heteroatoms. The van der Waals surface area contributed by atoms with Gasteiger partial charge in [-0.2, -0.15) is 13.2 Å². The third-order valence-corrected chi connectivity index (χ3v) is 7.73. The van der Waals surface area contributed by atoms with E-state index in [0.717, 1.165) is 18.7 Å². The number of halogens is 3. The predicted octanol–water partition coefficient (Wildman–Crippen LogP) is 5.06. The topological polar surface area (TPSA) is 39.7 Å². The number of rotatable bonds is 4. The quantitative estimate of drug-likeness (QED) is 0.502. The summed E-state index contributed by atoms with van der Waals surface area (Å²) in [6.45, 7) is 6.40. The lowest BCUT2D eigenvalue weighted by molar-refractivity contribution is -0.137. The fourth-order valence-electron chi connectivity index (χ4n) is 4.70. The van der Waals surface area contributed by atoms with Gasteiger partial charge in [-0.25, -0.2) is 4.98 Å². The normalized spacial score (nSPS) is 17.7. The van der Waals surface area contributed by atoms with E-state index in [4.69, 9.17) is 0 Å². The third-order valence-electron chi connectivity index (χ3n) is 6.70. The smallest absolute Gasteiger partial charge is 0.354 e. The monoisotopic (exact) mass is 500 g/mol. The number of aromatic nitrogens is 1. The lowest BCUT2D eigenvalue weighted by Gasteiger charge is -2.36. The minimum Gasteiger partial charge on any atom is -0.354 e. The minimum atomic E-state index is -4.38. The lowest BCUT2D eigenvalue weighted by atomic mass is 9.98. The number of carbonyl (C=O) groups is 1. The van der Waals surface area contributed by atoms with E-state index in [0.29, 0.717) is 51.6 Å². The number of nitrogens with zero attached hydrogens (tertiary/aromatic N) is 4. The molecule has 5 nitrogen and oxygen atoms in total. The standard InChI is InChI=1S/C26H27F3N4OS/c1-18-14-21-15-20(2-4-23(21)35-18)19-6-8-33(9-7-19)25(34)17-31-10-12-32(13-11-31)24-5-3-22(16-30-24)26(27,28)29/h2-6,14-16H,7-13,17H2,1H3. The molecule has 2 aliphatic heterocycles. The van der Waals surface area contributed by atoms with E-state index in [9.17, 15) is 18.0 Å². The molecule has 0 bridgehead atoms. The summed E-state index contributed by atoms with van der Waals surface area (Å²) in [4.78, 5) is 24.2. The summed E-state index contributed by atoms with van der Waals surface area (Å²) in [6, 6.07) is 11.3. The number of hydrogen-bond acceptors (Lipinski definition) is 5. The molecular formula is C26H27F3N4OS. The Balaban J connectivity index is 1.12. The summed E-state index contributed by atoms with van der Waals surface area (Å²) in [6.07, 6.45) is -0.502. The molecule has 0 saturated carbocycles. The third kappa shape index (κ3) is 5.36. The second kappa shape index (κ2) is 9.62. The summed E-state index contributed by atoms with van der Waals surface area (Å²) >= 11 is 1.80. The fraction of sp³-hybridized carbons (Fsp3) is 0.385. The van der Waals surface area contributed by atoms with Gasteiger partial charge in [-0.15, -0.1) is 11.3 Å². The Morgan fingerprint density at radius 2 is 1.86 bits per heavy atom. The van der Waals surface area contributed by atoms with Crippen LogP contribution in [0.4, 0.5) is 19.0 Å². The van der Waals surface area contributed by atoms with Crippen molar-refractivity contribution in [1.29, 1.82) is 0 Å². The highest BCUT2D eigenvalue weighted by atomic mass is 32.1. The average Bonchev–Trinajstić information content (AvgIpc) is 3.23. The van der Waals surface area contributed by atoms with Gasteiger partial charge in [0.15, 0.2) is 0 Å². The Kier molecular flexibility index (Phi) is 6.55. The zero-order chi connectivity index (χ0) is 24.6. The molecule has 1 aromatic carbocycles. The number of carbonyl (C=O) groups excluding carboxylic acids is 1. The molecule has 0 spiro atoms. The van der Waals surface area contributed by atoms with E-state index in [2.05, 4.69) is 47.1 Å². The maximum absolute atomic E-state index is 12.9. The van der Waals surface area contributed by atoms with Crippen molar-refractivity contribution in [3.05, 3.63) is 64.7 Å². The molecule has 5 rings (SSSR count). The van der Waals surface area contributed by atoms with E-state index in [1.165, 1.54) is 32.2 Å². The molecule has 2 aliphatic rings. The SMILES string of the molecule is Cc1cc2cc(C3=CCN(C(=O)CN4CCN(c5ccc(C(F)(F)F)cn5)CC4)CC3)ccc2s1. The lowest BCUT2D eigenvalue weighted by Crippen LogP contribution is -2.50. The number of pyridine rings is 1. The molecule has 0 radical (unpaired) electrons. The number of thiophene rings is 1. The number of fused-ring (bicyclic) bond motifs is 1. The van der Waals surface area contributed by atoms with Gasteiger partial charge < -0.3 is 9.80 Å². The zero-order valence-corrected chi connectivity index (χ0v) is 20.3. The Morgan fingerprint density at radius 3 is 2.51 bits per heavy atom. The molecule has 2 aromatic heterocycles. The highest BCUT2D eigenvalue weighted by Crippen LogP contribution is 2.31. The number of piperazine rings is 1. The van der Waals surface area contributed by atoms with E-state index in [1.54, 1.807) is 11.3 Å². The summed E-state index contributed by atoms with van der Waals surface area (Å²) in [5.41, 5.74) is 1.78. The maximum Gasteiger partial charge on any atom is 0.417 e. The molecular weight excluding hydrogens is 473 g/mol. The molecule has 1 amide bonds. The van der Waals surface area contributed by atoms with Gasteiger partial charge in [-0.05, 0) is 60.2 Å². The first kappa shape index (κ1) is 23.8. The van der Waals surface area contributed by atoms with Gasteiger partial charge in [0.05, 0.1) is 12.1 Å². The molecule has 0 atom stereocenters. The Morgan fingerprint density at radius 1 is 1.06 bits per heavy atom. The number of anilines is 1. The fourth-order valence-corrected chi connectivity index (χ4v) is 5.61. The van der Waals surface area contributed by atoms with Crippen LogP contribution in [0, 0.1) is 6.92 Å². The molecule has 4 heterocycles. The van der Waals surface area contributed by atoms with Crippen LogP contribution in [0.1, 0.15) is 22.4 Å². The average molecular weight is 501 g/mol. The summed E-state index contributed by atoms with van der Waals surface area (Å²) < 4.78 is 39.6. The van der Waals surface area contributed by atoms with Crippen LogP contribution in [0.3, 0.4) is 0 Å². The van der Waals surface area contributed by atoms with Crippen molar-refractivity contribution in [3.8, 4) is 0 Å². The van der Waals surface area contributed by atoms with Gasteiger partial charge in [0, 0.05) is 55.0 Å². The molecule has 1 fully saturated rings. The van der Waals surface area contributed by atoms with Crippen LogP contribution in [0.25, 0.3) is 15.7 Å². The molecule has 0 unspecified atom stereocenters. The van der Waals surface area contributed by atoms with E-state index < -0.39 is 11.7 Å². The van der Waals surface area contributed by atoms with Gasteiger partial charge in [-0.1, -0.05) is 12.1 Å². The maximum atomic E-state index is 12.9. The zero-order valence-electron chi connectivity index (χ0n) is 19.5. The van der Waals surface area contributed by atoms with Gasteiger partial charge in [-0.3, -0.25) is 9.69 Å². The van der Waals surface area contributed by atoms with Gasteiger partial charge in [0.25, 0.3) is 0 Å². The van der Waals surface area contributed by atoms with E-state index >= 15 is 0 Å². The molecule has 1 saturated heterocycles. The highest BCUT2D eigenvalue weighted by Gasteiger charge is 2.31. The van der Waals surface area contributed by atoms with Gasteiger partial charge in [0.1, 0.15) is 5.82 Å². The highest BCUT2D eigenvalue weighted by molar-refractivity contribution is 7.19. The molecule has 3 aromatic rings. The van der Waals surface area contributed by atoms with E-state index in [1.807, 2.05) is 9.80 Å². The number of amides is 1. The van der Waals surface area contributed by atoms with Crippen molar-refractivity contribution < 1.29 is 18.0 Å². The van der Waals surface area contributed by atoms with Crippen molar-refractivity contribution in [2.75, 3.05) is 50.7 Å². The number of hydrogen-bond donors (Lipinski definition) is 0. The molecule has 0 aliphatic carbocycles. The van der Waals surface area contributed by atoms with Crippen LogP contribution in [0.15, 0.2) is 48.7 Å². The Bertz CT molecular complexity index is 1240. The molecule has 35 heavy (non-hydrogen) atoms. The van der Waals surface area contributed by atoms with Crippen LogP contribution in [0.2, 0.25) is 0 Å². The van der Waals surface area contributed by atoms with Crippen LogP contribution < -0.4 is 4.90 Å². The summed E-state index contributed by atoms with van der Waals surface area (Å²) in [5.74, 6) is 0.652. The summed E-state index contributed by atoms with van der Waals surface area (Å²) in [5, 5.41) is 1.27. The van der Waals surface area contributed by atoms with Crippen molar-refractivity contribution in [3.63, 3.8) is 0 Å². The van der Waals surface area contributed by atoms with Crippen LogP contribution >= 0.6 is 11.3 Å². The molecule has 184 valence electrons. The van der Waals surface area contributed by atoms with Gasteiger partial charge >= 0.3 is 6.18 Å². The summed E-state index contributed by atoms with van der Waals surface area (Å²) in [7, 11) is 0. The first-order valence-electron chi connectivity index (χ1n) is 11.7. The minimum absolute atomic E-state index is 0.116. The Labute approximate surface area is 206 Å². The number of benzene rings is 1. The van der Waals surface area contributed by atoms with E-state index in [-0.39, 0.29) is 5.91 Å². The van der Waals surface area contributed by atoms with Crippen LogP contribution in [-0.2, 0) is 11.0 Å². The van der Waals surface area contributed by atoms with Crippen LogP contribution in [0.5, 0.6) is 0 Å². The Hall–Kier alpha value is -2.91. The largest absolute Gasteiger partial charge is 0.417 e.